The number of fused-ring (bicyclic) bond motifs is 1. The molecule has 0 spiro atoms. The summed E-state index contributed by atoms with van der Waals surface area (Å²) in [6, 6.07) is 0. The molecule has 0 bridgehead atoms. The lowest BCUT2D eigenvalue weighted by Gasteiger charge is -2.53. The molecule has 1 heteroatoms. The summed E-state index contributed by atoms with van der Waals surface area (Å²) in [5, 5.41) is 0. The van der Waals surface area contributed by atoms with E-state index in [0.717, 1.165) is 12.8 Å². The molecule has 1 nitrogen and oxygen atoms in total. The topological polar surface area (TPSA) is 17.1 Å². The van der Waals surface area contributed by atoms with E-state index in [1.165, 1.54) is 19.3 Å². The van der Waals surface area contributed by atoms with Crippen LogP contribution in [0.3, 0.4) is 0 Å². The summed E-state index contributed by atoms with van der Waals surface area (Å²) < 4.78 is 0. The molecule has 3 atom stereocenters. The maximum absolute atomic E-state index is 12.4. The van der Waals surface area contributed by atoms with Gasteiger partial charge in [-0.3, -0.25) is 4.79 Å². The maximum atomic E-state index is 12.4. The normalized spacial score (nSPS) is 44.9. The van der Waals surface area contributed by atoms with Crippen molar-refractivity contribution >= 4 is 5.78 Å². The molecule has 2 aliphatic carbocycles. The fourth-order valence-corrected chi connectivity index (χ4v) is 4.24. The van der Waals surface area contributed by atoms with Crippen molar-refractivity contribution in [3.8, 4) is 0 Å². The summed E-state index contributed by atoms with van der Waals surface area (Å²) in [5.41, 5.74) is 0.377. The van der Waals surface area contributed by atoms with Gasteiger partial charge < -0.3 is 0 Å². The predicted octanol–water partition coefficient (Wildman–Crippen LogP) is 3.82. The molecule has 0 saturated heterocycles. The van der Waals surface area contributed by atoms with Crippen LogP contribution in [0, 0.1) is 22.7 Å². The Balaban J connectivity index is 2.34. The Bertz CT molecular complexity index is 279. The number of carbonyl (C=O) groups excluding carboxylic acids is 1. The summed E-state index contributed by atoms with van der Waals surface area (Å²) in [6.45, 7) is 9.07. The Morgan fingerprint density at radius 2 is 1.80 bits per heavy atom. The molecular formula is C14H24O. The van der Waals surface area contributed by atoms with Gasteiger partial charge in [0.05, 0.1) is 0 Å². The second kappa shape index (κ2) is 3.33. The SMILES string of the molecule is CC1CCC2C(C)(C)CCCC2(C)C1=O. The summed E-state index contributed by atoms with van der Waals surface area (Å²) in [4.78, 5) is 12.4. The monoisotopic (exact) mass is 208 g/mol. The average Bonchev–Trinajstić information content (AvgIpc) is 2.12. The first-order valence-electron chi connectivity index (χ1n) is 6.42. The third kappa shape index (κ3) is 1.55. The lowest BCUT2D eigenvalue weighted by Crippen LogP contribution is -2.51. The highest BCUT2D eigenvalue weighted by atomic mass is 16.1. The van der Waals surface area contributed by atoms with Crippen molar-refractivity contribution < 1.29 is 4.79 Å². The van der Waals surface area contributed by atoms with Crippen LogP contribution in [0.15, 0.2) is 0 Å². The second-order valence-electron chi connectivity index (χ2n) is 6.65. The van der Waals surface area contributed by atoms with Crippen LogP contribution in [0.2, 0.25) is 0 Å². The van der Waals surface area contributed by atoms with Crippen LogP contribution in [-0.4, -0.2) is 5.78 Å². The summed E-state index contributed by atoms with van der Waals surface area (Å²) >= 11 is 0. The molecule has 0 heterocycles. The fourth-order valence-electron chi connectivity index (χ4n) is 4.24. The van der Waals surface area contributed by atoms with Gasteiger partial charge in [-0.25, -0.2) is 0 Å². The van der Waals surface area contributed by atoms with Crippen molar-refractivity contribution in [1.29, 1.82) is 0 Å². The van der Waals surface area contributed by atoms with E-state index in [4.69, 9.17) is 0 Å². The Morgan fingerprint density at radius 1 is 1.13 bits per heavy atom. The van der Waals surface area contributed by atoms with Gasteiger partial charge in [0.2, 0.25) is 0 Å². The van der Waals surface area contributed by atoms with Crippen LogP contribution < -0.4 is 0 Å². The third-order valence-corrected chi connectivity index (χ3v) is 5.13. The quantitative estimate of drug-likeness (QED) is 0.591. The smallest absolute Gasteiger partial charge is 0.141 e. The first kappa shape index (κ1) is 11.2. The summed E-state index contributed by atoms with van der Waals surface area (Å²) in [7, 11) is 0. The molecule has 2 aliphatic rings. The lowest BCUT2D eigenvalue weighted by atomic mass is 9.50. The summed E-state index contributed by atoms with van der Waals surface area (Å²) in [5.74, 6) is 1.48. The van der Waals surface area contributed by atoms with Crippen molar-refractivity contribution in [3.05, 3.63) is 0 Å². The minimum atomic E-state index is -0.000579. The zero-order valence-electron chi connectivity index (χ0n) is 10.6. The highest BCUT2D eigenvalue weighted by Crippen LogP contribution is 2.56. The molecule has 2 fully saturated rings. The van der Waals surface area contributed by atoms with Gasteiger partial charge in [-0.05, 0) is 37.0 Å². The van der Waals surface area contributed by atoms with E-state index in [1.807, 2.05) is 0 Å². The average molecular weight is 208 g/mol. The van der Waals surface area contributed by atoms with E-state index < -0.39 is 0 Å². The van der Waals surface area contributed by atoms with Crippen molar-refractivity contribution in [2.75, 3.05) is 0 Å². The van der Waals surface area contributed by atoms with Crippen molar-refractivity contribution in [3.63, 3.8) is 0 Å². The number of rotatable bonds is 0. The lowest BCUT2D eigenvalue weighted by molar-refractivity contribution is -0.148. The number of ketones is 1. The molecule has 0 aromatic rings. The second-order valence-corrected chi connectivity index (χ2v) is 6.65. The molecule has 0 radical (unpaired) electrons. The minimum absolute atomic E-state index is 0.000579. The molecular weight excluding hydrogens is 184 g/mol. The van der Waals surface area contributed by atoms with Gasteiger partial charge in [0.1, 0.15) is 5.78 Å². The molecule has 2 saturated carbocycles. The Morgan fingerprint density at radius 3 is 2.47 bits per heavy atom. The van der Waals surface area contributed by atoms with E-state index in [1.54, 1.807) is 0 Å². The fraction of sp³-hybridized carbons (Fsp3) is 0.929. The molecule has 3 unspecified atom stereocenters. The van der Waals surface area contributed by atoms with Crippen LogP contribution in [0.4, 0.5) is 0 Å². The molecule has 0 aromatic heterocycles. The van der Waals surface area contributed by atoms with Gasteiger partial charge in [0.25, 0.3) is 0 Å². The zero-order chi connectivity index (χ0) is 11.3. The van der Waals surface area contributed by atoms with E-state index in [0.29, 0.717) is 23.0 Å². The van der Waals surface area contributed by atoms with Crippen LogP contribution in [0.1, 0.15) is 59.8 Å². The highest BCUT2D eigenvalue weighted by molar-refractivity contribution is 5.87. The van der Waals surface area contributed by atoms with Gasteiger partial charge in [0.15, 0.2) is 0 Å². The van der Waals surface area contributed by atoms with Crippen LogP contribution >= 0.6 is 0 Å². The van der Waals surface area contributed by atoms with E-state index >= 15 is 0 Å². The molecule has 2 rings (SSSR count). The highest BCUT2D eigenvalue weighted by Gasteiger charge is 2.53. The van der Waals surface area contributed by atoms with E-state index in [9.17, 15) is 4.79 Å². The Hall–Kier alpha value is -0.330. The molecule has 0 aromatic carbocycles. The number of hydrogen-bond acceptors (Lipinski definition) is 1. The largest absolute Gasteiger partial charge is 0.299 e. The van der Waals surface area contributed by atoms with Crippen LogP contribution in [-0.2, 0) is 4.79 Å². The van der Waals surface area contributed by atoms with Gasteiger partial charge in [-0.2, -0.15) is 0 Å². The van der Waals surface area contributed by atoms with Crippen LogP contribution in [0.5, 0.6) is 0 Å². The van der Waals surface area contributed by atoms with Gasteiger partial charge in [-0.15, -0.1) is 0 Å². The molecule has 15 heavy (non-hydrogen) atoms. The minimum Gasteiger partial charge on any atom is -0.299 e. The molecule has 0 N–H and O–H groups in total. The maximum Gasteiger partial charge on any atom is 0.141 e. The predicted molar refractivity (Wildman–Crippen MR) is 62.6 cm³/mol. The molecule has 86 valence electrons. The Kier molecular flexibility index (Phi) is 2.48. The van der Waals surface area contributed by atoms with E-state index in [2.05, 4.69) is 27.7 Å². The standard InChI is InChI=1S/C14H24O/c1-10-6-7-11-13(2,3)8-5-9-14(11,4)12(10)15/h10-11H,5-9H2,1-4H3. The number of hydrogen-bond donors (Lipinski definition) is 0. The number of Topliss-reactive ketones (excluding diaryl/α,β-unsaturated/α-hetero) is 1. The number of carbonyl (C=O) groups is 1. The van der Waals surface area contributed by atoms with E-state index in [-0.39, 0.29) is 5.41 Å². The van der Waals surface area contributed by atoms with Gasteiger partial charge >= 0.3 is 0 Å². The summed E-state index contributed by atoms with van der Waals surface area (Å²) in [6.07, 6.45) is 6.04. The first-order chi connectivity index (χ1) is 6.88. The first-order valence-corrected chi connectivity index (χ1v) is 6.42. The molecule has 0 aliphatic heterocycles. The van der Waals surface area contributed by atoms with Gasteiger partial charge in [0, 0.05) is 11.3 Å². The third-order valence-electron chi connectivity index (χ3n) is 5.13. The van der Waals surface area contributed by atoms with Gasteiger partial charge in [-0.1, -0.05) is 34.1 Å². The Labute approximate surface area is 93.6 Å². The van der Waals surface area contributed by atoms with Crippen molar-refractivity contribution in [2.24, 2.45) is 22.7 Å². The van der Waals surface area contributed by atoms with Crippen molar-refractivity contribution in [2.45, 2.75) is 59.8 Å². The molecule has 0 amide bonds. The van der Waals surface area contributed by atoms with Crippen molar-refractivity contribution in [1.82, 2.24) is 0 Å². The zero-order valence-corrected chi connectivity index (χ0v) is 10.6. The van der Waals surface area contributed by atoms with Crippen LogP contribution in [0.25, 0.3) is 0 Å².